The number of rotatable bonds is 4. The van der Waals surface area contributed by atoms with Crippen molar-refractivity contribution in [3.63, 3.8) is 0 Å². The van der Waals surface area contributed by atoms with Crippen LogP contribution < -0.4 is 9.64 Å². The van der Waals surface area contributed by atoms with Crippen LogP contribution in [-0.2, 0) is 6.54 Å². The number of H-pyrrole nitrogens is 1. The van der Waals surface area contributed by atoms with Crippen LogP contribution in [-0.4, -0.2) is 43.2 Å². The minimum atomic E-state index is 0.496. The van der Waals surface area contributed by atoms with Gasteiger partial charge in [-0.05, 0) is 29.8 Å². The van der Waals surface area contributed by atoms with Crippen LogP contribution in [0.5, 0.6) is 5.75 Å². The van der Waals surface area contributed by atoms with Crippen molar-refractivity contribution in [2.24, 2.45) is 5.41 Å². The first-order chi connectivity index (χ1) is 12.2. The zero-order valence-electron chi connectivity index (χ0n) is 14.5. The number of nitrogens with one attached hydrogen (secondary N) is 1. The Morgan fingerprint density at radius 2 is 1.84 bits per heavy atom. The van der Waals surface area contributed by atoms with Gasteiger partial charge in [0.15, 0.2) is 0 Å². The standard InChI is InChI=1S/C21H23N3O/c1-25-18-7-4-5-16(9-18)11-23-12-21(13-23)14-24(15-21)20-10-17-6-2-3-8-19(17)22-20/h2-10,22H,11-15H2,1H3. The third-order valence-corrected chi connectivity index (χ3v) is 5.57. The summed E-state index contributed by atoms with van der Waals surface area (Å²) in [6.07, 6.45) is 0. The molecule has 0 amide bonds. The zero-order valence-corrected chi connectivity index (χ0v) is 14.5. The second-order valence-electron chi connectivity index (χ2n) is 7.59. The molecule has 25 heavy (non-hydrogen) atoms. The van der Waals surface area contributed by atoms with Crippen LogP contribution in [0.1, 0.15) is 5.56 Å². The summed E-state index contributed by atoms with van der Waals surface area (Å²) in [5, 5.41) is 1.30. The van der Waals surface area contributed by atoms with Gasteiger partial charge in [0, 0.05) is 49.0 Å². The summed E-state index contributed by atoms with van der Waals surface area (Å²) in [7, 11) is 1.73. The van der Waals surface area contributed by atoms with E-state index in [1.807, 2.05) is 6.07 Å². The number of aromatic amines is 1. The van der Waals surface area contributed by atoms with Crippen LogP contribution in [0, 0.1) is 5.41 Å². The van der Waals surface area contributed by atoms with Crippen LogP contribution in [0.3, 0.4) is 0 Å². The molecule has 2 aliphatic rings. The number of anilines is 1. The number of likely N-dealkylation sites (tertiary alicyclic amines) is 1. The van der Waals surface area contributed by atoms with Crippen LogP contribution in [0.15, 0.2) is 54.6 Å². The molecule has 5 rings (SSSR count). The third kappa shape index (κ3) is 2.57. The van der Waals surface area contributed by atoms with E-state index in [0.717, 1.165) is 25.4 Å². The Bertz CT molecular complexity index is 869. The first-order valence-corrected chi connectivity index (χ1v) is 8.91. The van der Waals surface area contributed by atoms with Gasteiger partial charge in [0.05, 0.1) is 7.11 Å². The molecule has 3 heterocycles. The van der Waals surface area contributed by atoms with Gasteiger partial charge in [0.2, 0.25) is 0 Å². The normalized spacial score (nSPS) is 19.0. The van der Waals surface area contributed by atoms with Crippen molar-refractivity contribution in [3.05, 3.63) is 60.2 Å². The minimum Gasteiger partial charge on any atom is -0.497 e. The molecule has 4 nitrogen and oxygen atoms in total. The third-order valence-electron chi connectivity index (χ3n) is 5.57. The van der Waals surface area contributed by atoms with Crippen LogP contribution >= 0.6 is 0 Å². The highest BCUT2D eigenvalue weighted by molar-refractivity contribution is 5.84. The second-order valence-corrected chi connectivity index (χ2v) is 7.59. The van der Waals surface area contributed by atoms with Gasteiger partial charge in [-0.25, -0.2) is 0 Å². The van der Waals surface area contributed by atoms with Gasteiger partial charge < -0.3 is 14.6 Å². The Hall–Kier alpha value is -2.46. The lowest BCUT2D eigenvalue weighted by Crippen LogP contribution is -2.72. The highest BCUT2D eigenvalue weighted by atomic mass is 16.5. The Morgan fingerprint density at radius 3 is 2.64 bits per heavy atom. The van der Waals surface area contributed by atoms with Gasteiger partial charge >= 0.3 is 0 Å². The van der Waals surface area contributed by atoms with Crippen molar-refractivity contribution in [2.75, 3.05) is 38.2 Å². The Labute approximate surface area is 148 Å². The Balaban J connectivity index is 1.19. The molecule has 0 atom stereocenters. The molecular formula is C21H23N3O. The molecule has 0 bridgehead atoms. The van der Waals surface area contributed by atoms with Gasteiger partial charge in [0.25, 0.3) is 0 Å². The molecule has 4 heteroatoms. The van der Waals surface area contributed by atoms with Crippen molar-refractivity contribution >= 4 is 16.7 Å². The summed E-state index contributed by atoms with van der Waals surface area (Å²) in [4.78, 5) is 8.56. The number of fused-ring (bicyclic) bond motifs is 1. The smallest absolute Gasteiger partial charge is 0.119 e. The lowest BCUT2D eigenvalue weighted by Gasteiger charge is -2.60. The Kier molecular flexibility index (Phi) is 3.28. The molecular weight excluding hydrogens is 310 g/mol. The van der Waals surface area contributed by atoms with E-state index in [4.69, 9.17) is 4.74 Å². The monoisotopic (exact) mass is 333 g/mol. The van der Waals surface area contributed by atoms with Gasteiger partial charge in [-0.1, -0.05) is 30.3 Å². The molecule has 0 aliphatic carbocycles. The molecule has 2 saturated heterocycles. The average Bonchev–Trinajstić information content (AvgIpc) is 2.99. The predicted octanol–water partition coefficient (Wildman–Crippen LogP) is 3.50. The number of aromatic nitrogens is 1. The van der Waals surface area contributed by atoms with E-state index in [1.54, 1.807) is 7.11 Å². The molecule has 2 fully saturated rings. The maximum absolute atomic E-state index is 5.32. The van der Waals surface area contributed by atoms with Gasteiger partial charge in [-0.3, -0.25) is 4.90 Å². The summed E-state index contributed by atoms with van der Waals surface area (Å²) in [5.41, 5.74) is 3.06. The molecule has 0 radical (unpaired) electrons. The van der Waals surface area contributed by atoms with Crippen molar-refractivity contribution in [3.8, 4) is 5.75 Å². The number of ether oxygens (including phenoxy) is 1. The van der Waals surface area contributed by atoms with Crippen molar-refractivity contribution < 1.29 is 4.74 Å². The lowest BCUT2D eigenvalue weighted by molar-refractivity contribution is -0.0276. The maximum atomic E-state index is 5.32. The number of hydrogen-bond donors (Lipinski definition) is 1. The number of benzene rings is 2. The zero-order chi connectivity index (χ0) is 16.9. The fraction of sp³-hybridized carbons (Fsp3) is 0.333. The van der Waals surface area contributed by atoms with Crippen molar-refractivity contribution in [2.45, 2.75) is 6.54 Å². The fourth-order valence-electron chi connectivity index (χ4n) is 4.41. The van der Waals surface area contributed by atoms with Gasteiger partial charge in [-0.15, -0.1) is 0 Å². The predicted molar refractivity (Wildman–Crippen MR) is 101 cm³/mol. The number of para-hydroxylation sites is 1. The van der Waals surface area contributed by atoms with Crippen LogP contribution in [0.4, 0.5) is 5.82 Å². The summed E-state index contributed by atoms with van der Waals surface area (Å²) in [6, 6.07) is 19.2. The quantitative estimate of drug-likeness (QED) is 0.793. The van der Waals surface area contributed by atoms with E-state index in [-0.39, 0.29) is 0 Å². The lowest BCUT2D eigenvalue weighted by atomic mass is 9.72. The fourth-order valence-corrected chi connectivity index (χ4v) is 4.41. The van der Waals surface area contributed by atoms with E-state index in [1.165, 1.54) is 35.4 Å². The molecule has 0 saturated carbocycles. The largest absolute Gasteiger partial charge is 0.497 e. The molecule has 1 N–H and O–H groups in total. The van der Waals surface area contributed by atoms with E-state index >= 15 is 0 Å². The first-order valence-electron chi connectivity index (χ1n) is 8.91. The summed E-state index contributed by atoms with van der Waals surface area (Å²) in [5.74, 6) is 2.21. The number of methoxy groups -OCH3 is 1. The van der Waals surface area contributed by atoms with Crippen LogP contribution in [0.25, 0.3) is 10.9 Å². The number of nitrogens with zero attached hydrogens (tertiary/aromatic N) is 2. The summed E-state index contributed by atoms with van der Waals surface area (Å²) >= 11 is 0. The van der Waals surface area contributed by atoms with E-state index in [0.29, 0.717) is 5.41 Å². The van der Waals surface area contributed by atoms with Gasteiger partial charge in [-0.2, -0.15) is 0 Å². The summed E-state index contributed by atoms with van der Waals surface area (Å²) < 4.78 is 5.32. The highest BCUT2D eigenvalue weighted by Crippen LogP contribution is 2.42. The molecule has 1 aromatic heterocycles. The molecule has 2 aromatic carbocycles. The first kappa shape index (κ1) is 14.8. The van der Waals surface area contributed by atoms with Crippen molar-refractivity contribution in [1.29, 1.82) is 0 Å². The molecule has 3 aromatic rings. The van der Waals surface area contributed by atoms with Crippen molar-refractivity contribution in [1.82, 2.24) is 9.88 Å². The second kappa shape index (κ2) is 5.53. The SMILES string of the molecule is COc1cccc(CN2CC3(C2)CN(c2cc4ccccc4[nH]2)C3)c1. The Morgan fingerprint density at radius 1 is 1.00 bits per heavy atom. The van der Waals surface area contributed by atoms with E-state index in [2.05, 4.69) is 63.3 Å². The van der Waals surface area contributed by atoms with E-state index < -0.39 is 0 Å². The molecule has 0 unspecified atom stereocenters. The highest BCUT2D eigenvalue weighted by Gasteiger charge is 2.51. The average molecular weight is 333 g/mol. The number of hydrogen-bond acceptors (Lipinski definition) is 3. The molecule has 1 spiro atoms. The topological polar surface area (TPSA) is 31.5 Å². The van der Waals surface area contributed by atoms with E-state index in [9.17, 15) is 0 Å². The minimum absolute atomic E-state index is 0.496. The maximum Gasteiger partial charge on any atom is 0.119 e. The van der Waals surface area contributed by atoms with Crippen LogP contribution in [0.2, 0.25) is 0 Å². The molecule has 128 valence electrons. The van der Waals surface area contributed by atoms with Gasteiger partial charge in [0.1, 0.15) is 11.6 Å². The summed E-state index contributed by atoms with van der Waals surface area (Å²) in [6.45, 7) is 5.73. The molecule has 2 aliphatic heterocycles.